The Hall–Kier alpha value is -2.08. The van der Waals surface area contributed by atoms with Gasteiger partial charge in [-0.15, -0.1) is 0 Å². The highest BCUT2D eigenvalue weighted by Gasteiger charge is 2.04. The van der Waals surface area contributed by atoms with Crippen LogP contribution in [0.4, 0.5) is 4.39 Å². The molecular weight excluding hydrogens is 313 g/mol. The maximum absolute atomic E-state index is 13.4. The van der Waals surface area contributed by atoms with E-state index >= 15 is 0 Å². The second kappa shape index (κ2) is 6.19. The predicted octanol–water partition coefficient (Wildman–Crippen LogP) is 2.75. The Morgan fingerprint density at radius 2 is 2.21 bits per heavy atom. The quantitative estimate of drug-likeness (QED) is 0.698. The van der Waals surface area contributed by atoms with Crippen LogP contribution in [-0.2, 0) is 0 Å². The van der Waals surface area contributed by atoms with Gasteiger partial charge in [-0.25, -0.2) is 9.82 Å². The standard InChI is InChI=1S/C13H9BrFN3O/c14-10-4-5-11(15)9(7-10)8-17-18-13(19)12-3-1-2-6-16-12/h1-8H,(H,18,19)/b17-8+. The smallest absolute Gasteiger partial charge is 0.266 e. The van der Waals surface area contributed by atoms with Crippen LogP contribution in [0.3, 0.4) is 0 Å². The fourth-order valence-corrected chi connectivity index (χ4v) is 1.71. The summed E-state index contributed by atoms with van der Waals surface area (Å²) in [5.41, 5.74) is 2.80. The molecule has 0 fully saturated rings. The van der Waals surface area contributed by atoms with Crippen molar-refractivity contribution in [2.24, 2.45) is 5.10 Å². The highest BCUT2D eigenvalue weighted by molar-refractivity contribution is 9.10. The van der Waals surface area contributed by atoms with Crippen molar-refractivity contribution in [1.29, 1.82) is 0 Å². The third-order valence-electron chi connectivity index (χ3n) is 2.23. The van der Waals surface area contributed by atoms with Crippen molar-refractivity contribution in [2.75, 3.05) is 0 Å². The van der Waals surface area contributed by atoms with Gasteiger partial charge in [-0.1, -0.05) is 22.0 Å². The van der Waals surface area contributed by atoms with Gasteiger partial charge in [-0.3, -0.25) is 9.78 Å². The Balaban J connectivity index is 2.04. The minimum atomic E-state index is -0.452. The number of halogens is 2. The summed E-state index contributed by atoms with van der Waals surface area (Å²) in [5, 5.41) is 3.69. The third-order valence-corrected chi connectivity index (χ3v) is 2.72. The van der Waals surface area contributed by atoms with Gasteiger partial charge in [0.25, 0.3) is 5.91 Å². The average Bonchev–Trinajstić information content (AvgIpc) is 2.43. The van der Waals surface area contributed by atoms with Gasteiger partial charge in [0, 0.05) is 16.2 Å². The topological polar surface area (TPSA) is 54.4 Å². The molecule has 0 aliphatic carbocycles. The molecule has 1 heterocycles. The molecule has 19 heavy (non-hydrogen) atoms. The number of hydrazone groups is 1. The second-order valence-electron chi connectivity index (χ2n) is 3.58. The summed E-state index contributed by atoms with van der Waals surface area (Å²) < 4.78 is 14.1. The van der Waals surface area contributed by atoms with Crippen LogP contribution in [0.25, 0.3) is 0 Å². The molecule has 1 aromatic carbocycles. The number of carbonyl (C=O) groups excluding carboxylic acids is 1. The molecule has 1 aromatic heterocycles. The fraction of sp³-hybridized carbons (Fsp3) is 0. The number of rotatable bonds is 3. The van der Waals surface area contributed by atoms with Crippen LogP contribution in [-0.4, -0.2) is 17.1 Å². The van der Waals surface area contributed by atoms with Gasteiger partial charge >= 0.3 is 0 Å². The first kappa shape index (κ1) is 13.4. The van der Waals surface area contributed by atoms with E-state index in [9.17, 15) is 9.18 Å². The number of nitrogens with zero attached hydrogens (tertiary/aromatic N) is 2. The Morgan fingerprint density at radius 3 is 2.95 bits per heavy atom. The zero-order valence-electron chi connectivity index (χ0n) is 9.68. The van der Waals surface area contributed by atoms with Crippen molar-refractivity contribution >= 4 is 28.1 Å². The molecule has 1 amide bonds. The molecule has 0 unspecified atom stereocenters. The van der Waals surface area contributed by atoms with Crippen LogP contribution in [0.1, 0.15) is 16.1 Å². The second-order valence-corrected chi connectivity index (χ2v) is 4.50. The van der Waals surface area contributed by atoms with Crippen LogP contribution in [0.5, 0.6) is 0 Å². The number of amides is 1. The zero-order valence-corrected chi connectivity index (χ0v) is 11.3. The molecule has 0 radical (unpaired) electrons. The molecule has 0 saturated heterocycles. The normalized spacial score (nSPS) is 10.6. The molecule has 0 saturated carbocycles. The first-order chi connectivity index (χ1) is 9.16. The molecule has 2 rings (SSSR count). The van der Waals surface area contributed by atoms with E-state index in [4.69, 9.17) is 0 Å². The Kier molecular flexibility index (Phi) is 4.35. The molecule has 0 spiro atoms. The number of nitrogens with one attached hydrogen (secondary N) is 1. The van der Waals surface area contributed by atoms with E-state index in [-0.39, 0.29) is 11.3 Å². The van der Waals surface area contributed by atoms with Gasteiger partial charge < -0.3 is 0 Å². The van der Waals surface area contributed by atoms with E-state index in [1.54, 1.807) is 30.3 Å². The van der Waals surface area contributed by atoms with Crippen molar-refractivity contribution in [3.63, 3.8) is 0 Å². The van der Waals surface area contributed by atoms with Crippen molar-refractivity contribution in [1.82, 2.24) is 10.4 Å². The molecule has 96 valence electrons. The number of aromatic nitrogens is 1. The number of carbonyl (C=O) groups is 1. The number of hydrogen-bond donors (Lipinski definition) is 1. The van der Waals surface area contributed by atoms with Gasteiger partial charge in [0.15, 0.2) is 0 Å². The zero-order chi connectivity index (χ0) is 13.7. The van der Waals surface area contributed by atoms with Crippen LogP contribution in [0, 0.1) is 5.82 Å². The lowest BCUT2D eigenvalue weighted by Gasteiger charge is -1.99. The van der Waals surface area contributed by atoms with Crippen molar-refractivity contribution in [3.8, 4) is 0 Å². The molecule has 2 aromatic rings. The summed E-state index contributed by atoms with van der Waals surface area (Å²) >= 11 is 3.23. The molecule has 1 N–H and O–H groups in total. The molecule has 0 bridgehead atoms. The van der Waals surface area contributed by atoms with E-state index in [1.165, 1.54) is 18.5 Å². The first-order valence-electron chi connectivity index (χ1n) is 5.36. The number of hydrogen-bond acceptors (Lipinski definition) is 3. The highest BCUT2D eigenvalue weighted by atomic mass is 79.9. The lowest BCUT2D eigenvalue weighted by Crippen LogP contribution is -2.18. The summed E-state index contributed by atoms with van der Waals surface area (Å²) in [4.78, 5) is 15.5. The van der Waals surface area contributed by atoms with Gasteiger partial charge in [-0.05, 0) is 30.3 Å². The lowest BCUT2D eigenvalue weighted by molar-refractivity contribution is 0.0950. The lowest BCUT2D eigenvalue weighted by atomic mass is 10.2. The van der Waals surface area contributed by atoms with Gasteiger partial charge in [0.05, 0.1) is 6.21 Å². The van der Waals surface area contributed by atoms with Crippen LogP contribution < -0.4 is 5.43 Å². The van der Waals surface area contributed by atoms with Crippen molar-refractivity contribution < 1.29 is 9.18 Å². The minimum Gasteiger partial charge on any atom is -0.266 e. The average molecular weight is 322 g/mol. The number of benzene rings is 1. The third kappa shape index (κ3) is 3.69. The molecule has 0 aliphatic heterocycles. The monoisotopic (exact) mass is 321 g/mol. The summed E-state index contributed by atoms with van der Waals surface area (Å²) in [5.74, 6) is -0.869. The van der Waals surface area contributed by atoms with Gasteiger partial charge in [0.2, 0.25) is 0 Å². The van der Waals surface area contributed by atoms with E-state index in [0.29, 0.717) is 0 Å². The Morgan fingerprint density at radius 1 is 1.37 bits per heavy atom. The summed E-state index contributed by atoms with van der Waals surface area (Å²) in [6.07, 6.45) is 2.74. The largest absolute Gasteiger partial charge is 0.289 e. The molecule has 0 aliphatic rings. The van der Waals surface area contributed by atoms with Gasteiger partial charge in [-0.2, -0.15) is 5.10 Å². The van der Waals surface area contributed by atoms with Crippen molar-refractivity contribution in [2.45, 2.75) is 0 Å². The molecular formula is C13H9BrFN3O. The Labute approximate surface area is 117 Å². The van der Waals surface area contributed by atoms with Crippen LogP contribution in [0.15, 0.2) is 52.2 Å². The van der Waals surface area contributed by atoms with E-state index < -0.39 is 11.7 Å². The number of pyridine rings is 1. The summed E-state index contributed by atoms with van der Waals surface area (Å²) in [6, 6.07) is 9.41. The Bertz CT molecular complexity index is 617. The van der Waals surface area contributed by atoms with Gasteiger partial charge in [0.1, 0.15) is 11.5 Å². The fourth-order valence-electron chi connectivity index (χ4n) is 1.33. The summed E-state index contributed by atoms with van der Waals surface area (Å²) in [6.45, 7) is 0. The minimum absolute atomic E-state index is 0.245. The SMILES string of the molecule is O=C(N/N=C/c1cc(Br)ccc1F)c1ccccn1. The van der Waals surface area contributed by atoms with E-state index in [2.05, 4.69) is 31.4 Å². The van der Waals surface area contributed by atoms with E-state index in [1.807, 2.05) is 0 Å². The highest BCUT2D eigenvalue weighted by Crippen LogP contribution is 2.13. The molecule has 6 heteroatoms. The summed E-state index contributed by atoms with van der Waals surface area (Å²) in [7, 11) is 0. The van der Waals surface area contributed by atoms with Crippen LogP contribution in [0.2, 0.25) is 0 Å². The van der Waals surface area contributed by atoms with Crippen LogP contribution >= 0.6 is 15.9 Å². The maximum atomic E-state index is 13.4. The van der Waals surface area contributed by atoms with E-state index in [0.717, 1.165) is 4.47 Å². The molecule has 0 atom stereocenters. The predicted molar refractivity (Wildman–Crippen MR) is 73.4 cm³/mol. The maximum Gasteiger partial charge on any atom is 0.289 e. The molecule has 4 nitrogen and oxygen atoms in total. The van der Waals surface area contributed by atoms with Crippen molar-refractivity contribution in [3.05, 3.63) is 64.1 Å². The first-order valence-corrected chi connectivity index (χ1v) is 6.15.